The number of alkyl halides is 3. The summed E-state index contributed by atoms with van der Waals surface area (Å²) in [5, 5.41) is 4.78. The molecule has 0 saturated carbocycles. The van der Waals surface area contributed by atoms with Crippen LogP contribution in [0.25, 0.3) is 0 Å². The minimum atomic E-state index is -4.62. The van der Waals surface area contributed by atoms with Crippen LogP contribution in [0.3, 0.4) is 0 Å². The van der Waals surface area contributed by atoms with E-state index in [2.05, 4.69) is 10.6 Å². The molecule has 0 aromatic heterocycles. The topological polar surface area (TPSA) is 78.5 Å². The second-order valence-corrected chi connectivity index (χ2v) is 5.74. The van der Waals surface area contributed by atoms with Gasteiger partial charge in [0.15, 0.2) is 0 Å². The van der Waals surface area contributed by atoms with Crippen LogP contribution in [0.5, 0.6) is 0 Å². The SMILES string of the molecule is CNC(=O)CN(C(=O)c1cccc(C(F)(F)F)c1)c1ccccc1C(=O)NC. The van der Waals surface area contributed by atoms with Crippen LogP contribution in [-0.4, -0.2) is 38.4 Å². The molecule has 6 nitrogen and oxygen atoms in total. The number of carbonyl (C=O) groups excluding carboxylic acids is 3. The number of rotatable bonds is 5. The Bertz CT molecular complexity index is 897. The minimum Gasteiger partial charge on any atom is -0.358 e. The Hall–Kier alpha value is -3.36. The molecule has 0 aliphatic carbocycles. The number of nitrogens with one attached hydrogen (secondary N) is 2. The van der Waals surface area contributed by atoms with Gasteiger partial charge in [-0.1, -0.05) is 18.2 Å². The molecule has 2 rings (SSSR count). The number of hydrogen-bond acceptors (Lipinski definition) is 3. The zero-order valence-electron chi connectivity index (χ0n) is 15.1. The second kappa shape index (κ2) is 8.55. The lowest BCUT2D eigenvalue weighted by Gasteiger charge is -2.24. The molecule has 148 valence electrons. The van der Waals surface area contributed by atoms with Crippen molar-refractivity contribution in [1.29, 1.82) is 0 Å². The number of anilines is 1. The summed E-state index contributed by atoms with van der Waals surface area (Å²) in [6.45, 7) is -0.473. The van der Waals surface area contributed by atoms with E-state index in [1.165, 1.54) is 32.3 Å². The summed E-state index contributed by atoms with van der Waals surface area (Å²) < 4.78 is 39.0. The van der Waals surface area contributed by atoms with Crippen LogP contribution in [0.4, 0.5) is 18.9 Å². The largest absolute Gasteiger partial charge is 0.416 e. The first-order valence-electron chi connectivity index (χ1n) is 8.20. The molecule has 0 spiro atoms. The number of carbonyl (C=O) groups is 3. The van der Waals surface area contributed by atoms with Crippen LogP contribution >= 0.6 is 0 Å². The molecule has 0 heterocycles. The first-order chi connectivity index (χ1) is 13.2. The Kier molecular flexibility index (Phi) is 6.40. The molecule has 2 aromatic carbocycles. The smallest absolute Gasteiger partial charge is 0.358 e. The molecule has 0 aliphatic rings. The van der Waals surface area contributed by atoms with Crippen molar-refractivity contribution < 1.29 is 27.6 Å². The lowest BCUT2D eigenvalue weighted by molar-refractivity contribution is -0.137. The molecule has 0 unspecified atom stereocenters. The lowest BCUT2D eigenvalue weighted by Crippen LogP contribution is -2.41. The van der Waals surface area contributed by atoms with Crippen molar-refractivity contribution in [3.05, 3.63) is 65.2 Å². The maximum atomic E-state index is 13.0. The summed E-state index contributed by atoms with van der Waals surface area (Å²) in [7, 11) is 2.76. The van der Waals surface area contributed by atoms with E-state index in [-0.39, 0.29) is 16.8 Å². The lowest BCUT2D eigenvalue weighted by atomic mass is 10.1. The van der Waals surface area contributed by atoms with Gasteiger partial charge in [-0.3, -0.25) is 19.3 Å². The van der Waals surface area contributed by atoms with Gasteiger partial charge in [-0.05, 0) is 30.3 Å². The average Bonchev–Trinajstić information content (AvgIpc) is 2.70. The maximum absolute atomic E-state index is 13.0. The van der Waals surface area contributed by atoms with E-state index in [4.69, 9.17) is 0 Å². The highest BCUT2D eigenvalue weighted by molar-refractivity contribution is 6.12. The van der Waals surface area contributed by atoms with Crippen molar-refractivity contribution in [2.75, 3.05) is 25.5 Å². The molecule has 0 bridgehead atoms. The van der Waals surface area contributed by atoms with Gasteiger partial charge >= 0.3 is 6.18 Å². The highest BCUT2D eigenvalue weighted by Gasteiger charge is 2.32. The number of likely N-dealkylation sites (N-methyl/N-ethyl adjacent to an activating group) is 1. The Morgan fingerprint density at radius 3 is 2.25 bits per heavy atom. The summed E-state index contributed by atoms with van der Waals surface area (Å²) in [5.41, 5.74) is -1.04. The van der Waals surface area contributed by atoms with E-state index in [0.29, 0.717) is 6.07 Å². The molecular formula is C19H18F3N3O3. The molecule has 2 aromatic rings. The summed E-state index contributed by atoms with van der Waals surface area (Å²) in [4.78, 5) is 38.0. The van der Waals surface area contributed by atoms with Gasteiger partial charge in [0.25, 0.3) is 11.8 Å². The molecule has 0 saturated heterocycles. The third-order valence-corrected chi connectivity index (χ3v) is 3.93. The van der Waals surface area contributed by atoms with Gasteiger partial charge in [0.05, 0.1) is 16.8 Å². The third-order valence-electron chi connectivity index (χ3n) is 3.93. The number of para-hydroxylation sites is 1. The van der Waals surface area contributed by atoms with E-state index in [1.807, 2.05) is 0 Å². The zero-order chi connectivity index (χ0) is 20.9. The van der Waals surface area contributed by atoms with Crippen molar-refractivity contribution in [2.24, 2.45) is 0 Å². The number of amides is 3. The maximum Gasteiger partial charge on any atom is 0.416 e. The Morgan fingerprint density at radius 2 is 1.64 bits per heavy atom. The van der Waals surface area contributed by atoms with Crippen LogP contribution in [0.15, 0.2) is 48.5 Å². The predicted octanol–water partition coefficient (Wildman–Crippen LogP) is 2.46. The Balaban J connectivity index is 2.55. The van der Waals surface area contributed by atoms with Crippen molar-refractivity contribution in [3.8, 4) is 0 Å². The molecule has 3 amide bonds. The van der Waals surface area contributed by atoms with E-state index in [0.717, 1.165) is 17.0 Å². The van der Waals surface area contributed by atoms with Crippen molar-refractivity contribution >= 4 is 23.4 Å². The summed E-state index contributed by atoms with van der Waals surface area (Å²) in [6.07, 6.45) is -4.62. The average molecular weight is 393 g/mol. The van der Waals surface area contributed by atoms with Crippen LogP contribution in [0.2, 0.25) is 0 Å². The van der Waals surface area contributed by atoms with Gasteiger partial charge < -0.3 is 10.6 Å². The highest BCUT2D eigenvalue weighted by Crippen LogP contribution is 2.30. The van der Waals surface area contributed by atoms with Gasteiger partial charge in [0, 0.05) is 19.7 Å². The van der Waals surface area contributed by atoms with Crippen molar-refractivity contribution in [2.45, 2.75) is 6.18 Å². The number of hydrogen-bond donors (Lipinski definition) is 2. The molecule has 0 radical (unpaired) electrons. The summed E-state index contributed by atoms with van der Waals surface area (Å²) >= 11 is 0. The molecule has 2 N–H and O–H groups in total. The highest BCUT2D eigenvalue weighted by atomic mass is 19.4. The monoisotopic (exact) mass is 393 g/mol. The number of nitrogens with zero attached hydrogens (tertiary/aromatic N) is 1. The Morgan fingerprint density at radius 1 is 0.964 bits per heavy atom. The van der Waals surface area contributed by atoms with Crippen LogP contribution < -0.4 is 15.5 Å². The molecule has 0 atom stereocenters. The van der Waals surface area contributed by atoms with Crippen LogP contribution in [0.1, 0.15) is 26.3 Å². The quantitative estimate of drug-likeness (QED) is 0.819. The van der Waals surface area contributed by atoms with Gasteiger partial charge in [-0.15, -0.1) is 0 Å². The van der Waals surface area contributed by atoms with Gasteiger partial charge in [-0.25, -0.2) is 0 Å². The van der Waals surface area contributed by atoms with E-state index in [1.54, 1.807) is 12.1 Å². The molecule has 28 heavy (non-hydrogen) atoms. The van der Waals surface area contributed by atoms with Gasteiger partial charge in [0.1, 0.15) is 6.54 Å². The van der Waals surface area contributed by atoms with Crippen LogP contribution in [-0.2, 0) is 11.0 Å². The first kappa shape index (κ1) is 20.9. The normalized spacial score (nSPS) is 10.9. The first-order valence-corrected chi connectivity index (χ1v) is 8.20. The fourth-order valence-electron chi connectivity index (χ4n) is 2.51. The second-order valence-electron chi connectivity index (χ2n) is 5.74. The van der Waals surface area contributed by atoms with Gasteiger partial charge in [0.2, 0.25) is 5.91 Å². The molecule has 0 aliphatic heterocycles. The van der Waals surface area contributed by atoms with E-state index < -0.39 is 36.0 Å². The fourth-order valence-corrected chi connectivity index (χ4v) is 2.51. The molecular weight excluding hydrogens is 375 g/mol. The standard InChI is InChI=1S/C19H18F3N3O3/c1-23-16(26)11-25(15-9-4-3-8-14(15)17(27)24-2)18(28)12-6-5-7-13(10-12)19(20,21)22/h3-10H,11H2,1-2H3,(H,23,26)(H,24,27). The zero-order valence-corrected chi connectivity index (χ0v) is 15.1. The van der Waals surface area contributed by atoms with Crippen molar-refractivity contribution in [1.82, 2.24) is 10.6 Å². The van der Waals surface area contributed by atoms with Crippen molar-refractivity contribution in [3.63, 3.8) is 0 Å². The van der Waals surface area contributed by atoms with Crippen LogP contribution in [0, 0.1) is 0 Å². The predicted molar refractivity (Wildman–Crippen MR) is 97.0 cm³/mol. The third kappa shape index (κ3) is 4.67. The molecule has 0 fully saturated rings. The summed E-state index contributed by atoms with van der Waals surface area (Å²) in [6, 6.07) is 9.90. The summed E-state index contributed by atoms with van der Waals surface area (Å²) in [5.74, 6) is -1.90. The van der Waals surface area contributed by atoms with E-state index in [9.17, 15) is 27.6 Å². The Labute approximate surface area is 159 Å². The number of benzene rings is 2. The fraction of sp³-hybridized carbons (Fsp3) is 0.211. The van der Waals surface area contributed by atoms with E-state index >= 15 is 0 Å². The molecule has 9 heteroatoms. The minimum absolute atomic E-state index is 0.105. The number of halogens is 3. The van der Waals surface area contributed by atoms with Gasteiger partial charge in [-0.2, -0.15) is 13.2 Å².